The summed E-state index contributed by atoms with van der Waals surface area (Å²) in [7, 11) is 3.59. The number of methoxy groups -OCH3 is 1. The quantitative estimate of drug-likeness (QED) is 0.880. The van der Waals surface area contributed by atoms with Crippen molar-refractivity contribution in [2.24, 2.45) is 7.05 Å². The van der Waals surface area contributed by atoms with Gasteiger partial charge in [0.2, 0.25) is 0 Å². The van der Waals surface area contributed by atoms with E-state index in [1.165, 1.54) is 0 Å². The van der Waals surface area contributed by atoms with Gasteiger partial charge in [-0.05, 0) is 23.6 Å². The molecule has 1 aromatic heterocycles. The lowest BCUT2D eigenvalue weighted by atomic mass is 10.0. The lowest BCUT2D eigenvalue weighted by molar-refractivity contribution is 0.173. The van der Waals surface area contributed by atoms with E-state index in [1.807, 2.05) is 36.0 Å². The Balaban J connectivity index is 2.12. The lowest BCUT2D eigenvalue weighted by Crippen LogP contribution is -2.07. The number of benzene rings is 1. The minimum Gasteiger partial charge on any atom is -0.388 e. The van der Waals surface area contributed by atoms with E-state index in [-0.39, 0.29) is 0 Å². The molecule has 4 nitrogen and oxygen atoms in total. The molecule has 0 aliphatic carbocycles. The van der Waals surface area contributed by atoms with E-state index in [2.05, 4.69) is 18.1 Å². The largest absolute Gasteiger partial charge is 0.388 e. The van der Waals surface area contributed by atoms with Gasteiger partial charge in [-0.2, -0.15) is 5.10 Å². The normalized spacial score (nSPS) is 12.6. The molecule has 0 aliphatic rings. The van der Waals surface area contributed by atoms with Gasteiger partial charge in [0.1, 0.15) is 0 Å². The highest BCUT2D eigenvalue weighted by Crippen LogP contribution is 2.20. The van der Waals surface area contributed by atoms with Crippen molar-refractivity contribution in [3.63, 3.8) is 0 Å². The van der Waals surface area contributed by atoms with Crippen molar-refractivity contribution in [1.29, 1.82) is 0 Å². The molecule has 0 radical (unpaired) electrons. The molecule has 2 aromatic rings. The van der Waals surface area contributed by atoms with E-state index in [0.717, 1.165) is 28.9 Å². The molecule has 1 unspecified atom stereocenters. The third-order valence-corrected chi connectivity index (χ3v) is 3.44. The Labute approximate surface area is 120 Å². The number of ether oxygens (including phenoxy) is 1. The van der Waals surface area contributed by atoms with Crippen LogP contribution >= 0.6 is 0 Å². The third-order valence-electron chi connectivity index (χ3n) is 3.44. The van der Waals surface area contributed by atoms with E-state index in [0.29, 0.717) is 13.0 Å². The molecule has 4 heteroatoms. The third kappa shape index (κ3) is 3.46. The van der Waals surface area contributed by atoms with Crippen LogP contribution < -0.4 is 0 Å². The maximum Gasteiger partial charge on any atom is 0.0845 e. The molecule has 0 bridgehead atoms. The van der Waals surface area contributed by atoms with Gasteiger partial charge < -0.3 is 9.84 Å². The number of nitrogens with zero attached hydrogens (tertiary/aromatic N) is 2. The molecule has 1 aromatic carbocycles. The second-order valence-corrected chi connectivity index (χ2v) is 5.00. The number of aromatic nitrogens is 2. The van der Waals surface area contributed by atoms with E-state index in [1.54, 1.807) is 7.11 Å². The summed E-state index contributed by atoms with van der Waals surface area (Å²) in [5, 5.41) is 14.8. The highest BCUT2D eigenvalue weighted by atomic mass is 16.5. The maximum atomic E-state index is 10.4. The number of aryl methyl sites for hydroxylation is 2. The van der Waals surface area contributed by atoms with E-state index in [9.17, 15) is 5.11 Å². The zero-order valence-corrected chi connectivity index (χ0v) is 12.3. The van der Waals surface area contributed by atoms with E-state index < -0.39 is 6.10 Å². The van der Waals surface area contributed by atoms with Crippen molar-refractivity contribution in [3.8, 4) is 0 Å². The molecule has 1 N–H and O–H groups in total. The van der Waals surface area contributed by atoms with Crippen LogP contribution in [0.25, 0.3) is 0 Å². The van der Waals surface area contributed by atoms with Gasteiger partial charge in [-0.3, -0.25) is 4.68 Å². The van der Waals surface area contributed by atoms with Gasteiger partial charge in [-0.25, -0.2) is 0 Å². The van der Waals surface area contributed by atoms with Crippen molar-refractivity contribution in [2.45, 2.75) is 32.5 Å². The second-order valence-electron chi connectivity index (χ2n) is 5.00. The lowest BCUT2D eigenvalue weighted by Gasteiger charge is -2.12. The summed E-state index contributed by atoms with van der Waals surface area (Å²) in [4.78, 5) is 0. The van der Waals surface area contributed by atoms with Crippen molar-refractivity contribution in [2.75, 3.05) is 7.11 Å². The summed E-state index contributed by atoms with van der Waals surface area (Å²) in [6.45, 7) is 2.64. The predicted octanol–water partition coefficient (Wildman–Crippen LogP) is 2.41. The average molecular weight is 274 g/mol. The fraction of sp³-hybridized carbons (Fsp3) is 0.438. The summed E-state index contributed by atoms with van der Waals surface area (Å²) >= 11 is 0. The van der Waals surface area contributed by atoms with Crippen molar-refractivity contribution >= 4 is 0 Å². The van der Waals surface area contributed by atoms with Crippen LogP contribution in [0, 0.1) is 0 Å². The molecule has 1 heterocycles. The Bertz CT molecular complexity index is 563. The van der Waals surface area contributed by atoms with Crippen LogP contribution in [0.2, 0.25) is 0 Å². The van der Waals surface area contributed by atoms with Gasteiger partial charge in [0.15, 0.2) is 0 Å². The van der Waals surface area contributed by atoms with Gasteiger partial charge in [0, 0.05) is 26.3 Å². The molecular weight excluding hydrogens is 252 g/mol. The minimum atomic E-state index is -0.521. The molecule has 0 aliphatic heterocycles. The van der Waals surface area contributed by atoms with Crippen LogP contribution in [0.15, 0.2) is 30.3 Å². The van der Waals surface area contributed by atoms with Gasteiger partial charge in [-0.1, -0.05) is 31.2 Å². The first-order chi connectivity index (χ1) is 9.63. The summed E-state index contributed by atoms with van der Waals surface area (Å²) in [6.07, 6.45) is 0.958. The molecule has 0 saturated carbocycles. The van der Waals surface area contributed by atoms with Crippen molar-refractivity contribution < 1.29 is 9.84 Å². The predicted molar refractivity (Wildman–Crippen MR) is 78.4 cm³/mol. The Morgan fingerprint density at radius 2 is 2.15 bits per heavy atom. The maximum absolute atomic E-state index is 10.4. The molecule has 0 spiro atoms. The first kappa shape index (κ1) is 14.8. The molecule has 0 saturated heterocycles. The van der Waals surface area contributed by atoms with Gasteiger partial charge >= 0.3 is 0 Å². The Morgan fingerprint density at radius 3 is 2.80 bits per heavy atom. The molecule has 1 atom stereocenters. The molecule has 108 valence electrons. The van der Waals surface area contributed by atoms with Crippen LogP contribution in [0.3, 0.4) is 0 Å². The summed E-state index contributed by atoms with van der Waals surface area (Å²) in [6, 6.07) is 9.95. The van der Waals surface area contributed by atoms with E-state index in [4.69, 9.17) is 4.74 Å². The molecular formula is C16H22N2O2. The highest BCUT2D eigenvalue weighted by molar-refractivity contribution is 5.26. The van der Waals surface area contributed by atoms with Gasteiger partial charge in [0.05, 0.1) is 18.4 Å². The number of hydrogen-bond donors (Lipinski definition) is 1. The SMILES string of the molecule is CCc1cc(CC(O)c2cccc(COC)c2)n(C)n1. The second kappa shape index (κ2) is 6.68. The summed E-state index contributed by atoms with van der Waals surface area (Å²) in [5.74, 6) is 0. The van der Waals surface area contributed by atoms with Crippen LogP contribution in [0.5, 0.6) is 0 Å². The number of hydrogen-bond acceptors (Lipinski definition) is 3. The zero-order valence-electron chi connectivity index (χ0n) is 12.3. The number of aliphatic hydroxyl groups excluding tert-OH is 1. The minimum absolute atomic E-state index is 0.521. The standard InChI is InChI=1S/C16H22N2O2/c1-4-14-9-15(18(2)17-14)10-16(19)13-7-5-6-12(8-13)11-20-3/h5-9,16,19H,4,10-11H2,1-3H3. The van der Waals surface area contributed by atoms with Gasteiger partial charge in [-0.15, -0.1) is 0 Å². The molecule has 20 heavy (non-hydrogen) atoms. The summed E-state index contributed by atoms with van der Waals surface area (Å²) < 4.78 is 6.97. The Morgan fingerprint density at radius 1 is 1.35 bits per heavy atom. The average Bonchev–Trinajstić information content (AvgIpc) is 2.80. The van der Waals surface area contributed by atoms with Crippen LogP contribution in [0.1, 0.15) is 35.5 Å². The first-order valence-electron chi connectivity index (χ1n) is 6.91. The summed E-state index contributed by atoms with van der Waals surface area (Å²) in [5.41, 5.74) is 4.09. The molecule has 0 amide bonds. The molecule has 2 rings (SSSR count). The van der Waals surface area contributed by atoms with Crippen molar-refractivity contribution in [1.82, 2.24) is 9.78 Å². The fourth-order valence-electron chi connectivity index (χ4n) is 2.31. The number of aliphatic hydroxyl groups is 1. The fourth-order valence-corrected chi connectivity index (χ4v) is 2.31. The molecule has 0 fully saturated rings. The Hall–Kier alpha value is -1.65. The first-order valence-corrected chi connectivity index (χ1v) is 6.91. The van der Waals surface area contributed by atoms with E-state index >= 15 is 0 Å². The topological polar surface area (TPSA) is 47.3 Å². The zero-order chi connectivity index (χ0) is 14.5. The number of rotatable bonds is 6. The van der Waals surface area contributed by atoms with Crippen LogP contribution in [0.4, 0.5) is 0 Å². The highest BCUT2D eigenvalue weighted by Gasteiger charge is 2.13. The van der Waals surface area contributed by atoms with Crippen molar-refractivity contribution in [3.05, 3.63) is 52.8 Å². The van der Waals surface area contributed by atoms with Crippen LogP contribution in [-0.2, 0) is 31.2 Å². The smallest absolute Gasteiger partial charge is 0.0845 e. The van der Waals surface area contributed by atoms with Gasteiger partial charge in [0.25, 0.3) is 0 Å². The van der Waals surface area contributed by atoms with Crippen LogP contribution in [-0.4, -0.2) is 22.0 Å². The monoisotopic (exact) mass is 274 g/mol. The Kier molecular flexibility index (Phi) is 4.93.